The molecule has 1 amide bonds. The first-order chi connectivity index (χ1) is 11.3. The normalized spacial score (nSPS) is 11.2. The zero-order valence-electron chi connectivity index (χ0n) is 12.8. The molecule has 24 heavy (non-hydrogen) atoms. The molecule has 0 spiro atoms. The number of ether oxygens (including phenoxy) is 1. The van der Waals surface area contributed by atoms with Crippen molar-refractivity contribution < 1.29 is 22.7 Å². The number of aryl methyl sites for hydroxylation is 1. The van der Waals surface area contributed by atoms with Crippen LogP contribution in [-0.2, 0) is 17.5 Å². The van der Waals surface area contributed by atoms with Crippen LogP contribution in [0.4, 0.5) is 13.2 Å². The van der Waals surface area contributed by atoms with Crippen LogP contribution in [-0.4, -0.2) is 12.5 Å². The minimum absolute atomic E-state index is 0.125. The van der Waals surface area contributed by atoms with Crippen LogP contribution in [0.5, 0.6) is 5.75 Å². The molecule has 0 aliphatic heterocycles. The van der Waals surface area contributed by atoms with Gasteiger partial charge < -0.3 is 10.1 Å². The Hall–Kier alpha value is -2.21. The van der Waals surface area contributed by atoms with Gasteiger partial charge in [-0.2, -0.15) is 13.2 Å². The Balaban J connectivity index is 1.81. The highest BCUT2D eigenvalue weighted by Crippen LogP contribution is 2.29. The summed E-state index contributed by atoms with van der Waals surface area (Å²) in [6.45, 7) is 1.75. The highest BCUT2D eigenvalue weighted by Gasteiger charge is 2.29. The summed E-state index contributed by atoms with van der Waals surface area (Å²) < 4.78 is 42.7. The summed E-state index contributed by atoms with van der Waals surface area (Å²) in [7, 11) is 0. The first-order valence-electron chi connectivity index (χ1n) is 7.07. The van der Waals surface area contributed by atoms with Gasteiger partial charge in [-0.15, -0.1) is 0 Å². The third-order valence-electron chi connectivity index (χ3n) is 3.27. The lowest BCUT2D eigenvalue weighted by Gasteiger charge is -2.10. The molecule has 0 unspecified atom stereocenters. The van der Waals surface area contributed by atoms with E-state index < -0.39 is 11.7 Å². The zero-order chi connectivity index (χ0) is 17.7. The first-order valence-corrected chi connectivity index (χ1v) is 7.45. The number of rotatable bonds is 5. The van der Waals surface area contributed by atoms with Crippen molar-refractivity contribution in [2.24, 2.45) is 0 Å². The van der Waals surface area contributed by atoms with Crippen molar-refractivity contribution in [2.75, 3.05) is 6.61 Å². The van der Waals surface area contributed by atoms with Gasteiger partial charge in [0, 0.05) is 11.6 Å². The lowest BCUT2D eigenvalue weighted by molar-refractivity contribution is -0.137. The van der Waals surface area contributed by atoms with Crippen LogP contribution in [0.1, 0.15) is 16.7 Å². The molecular weight excluding hydrogens is 343 g/mol. The third-order valence-corrected chi connectivity index (χ3v) is 3.69. The number of carbonyl (C=O) groups excluding carboxylic acids is 1. The fraction of sp³-hybridized carbons (Fsp3) is 0.235. The molecule has 3 nitrogen and oxygen atoms in total. The van der Waals surface area contributed by atoms with E-state index in [-0.39, 0.29) is 19.1 Å². The fourth-order valence-corrected chi connectivity index (χ4v) is 2.04. The smallest absolute Gasteiger partial charge is 0.416 e. The molecule has 0 saturated carbocycles. The molecule has 128 valence electrons. The maximum absolute atomic E-state index is 12.5. The molecule has 2 aromatic carbocycles. The molecule has 0 aliphatic rings. The van der Waals surface area contributed by atoms with Gasteiger partial charge in [-0.05, 0) is 48.4 Å². The largest absolute Gasteiger partial charge is 0.484 e. The van der Waals surface area contributed by atoms with E-state index in [0.29, 0.717) is 16.3 Å². The quantitative estimate of drug-likeness (QED) is 0.863. The second-order valence-electron chi connectivity index (χ2n) is 5.17. The van der Waals surface area contributed by atoms with Crippen molar-refractivity contribution in [3.63, 3.8) is 0 Å². The molecule has 0 radical (unpaired) electrons. The van der Waals surface area contributed by atoms with E-state index in [4.69, 9.17) is 16.3 Å². The SMILES string of the molecule is Cc1cc(OCC(=O)NCc2ccc(C(F)(F)F)cc2)ccc1Cl. The summed E-state index contributed by atoms with van der Waals surface area (Å²) >= 11 is 5.89. The summed E-state index contributed by atoms with van der Waals surface area (Å²) in [6, 6.07) is 9.65. The number of nitrogens with one attached hydrogen (secondary N) is 1. The maximum Gasteiger partial charge on any atom is 0.416 e. The Morgan fingerprint density at radius 3 is 2.42 bits per heavy atom. The molecule has 1 N–H and O–H groups in total. The third kappa shape index (κ3) is 5.16. The Bertz CT molecular complexity index is 715. The predicted octanol–water partition coefficient (Wildman–Crippen LogP) is 4.36. The zero-order valence-corrected chi connectivity index (χ0v) is 13.5. The number of benzene rings is 2. The van der Waals surface area contributed by atoms with Crippen LogP contribution >= 0.6 is 11.6 Å². The van der Waals surface area contributed by atoms with Crippen LogP contribution in [0.3, 0.4) is 0 Å². The highest BCUT2D eigenvalue weighted by atomic mass is 35.5. The van der Waals surface area contributed by atoms with Crippen LogP contribution in [0.25, 0.3) is 0 Å². The molecular formula is C17H15ClF3NO2. The molecule has 2 rings (SSSR count). The summed E-state index contributed by atoms with van der Waals surface area (Å²) in [6.07, 6.45) is -4.37. The van der Waals surface area contributed by atoms with Crippen molar-refractivity contribution in [3.8, 4) is 5.75 Å². The molecule has 0 aliphatic carbocycles. The van der Waals surface area contributed by atoms with E-state index >= 15 is 0 Å². The van der Waals surface area contributed by atoms with Crippen molar-refractivity contribution in [3.05, 3.63) is 64.2 Å². The highest BCUT2D eigenvalue weighted by molar-refractivity contribution is 6.31. The fourth-order valence-electron chi connectivity index (χ4n) is 1.92. The number of hydrogen-bond acceptors (Lipinski definition) is 2. The van der Waals surface area contributed by atoms with E-state index in [9.17, 15) is 18.0 Å². The van der Waals surface area contributed by atoms with E-state index in [1.54, 1.807) is 18.2 Å². The Kier molecular flexibility index (Phi) is 5.72. The van der Waals surface area contributed by atoms with Gasteiger partial charge in [-0.3, -0.25) is 4.79 Å². The van der Waals surface area contributed by atoms with Gasteiger partial charge >= 0.3 is 6.18 Å². The summed E-state index contributed by atoms with van der Waals surface area (Å²) in [4.78, 5) is 11.7. The van der Waals surface area contributed by atoms with Crippen LogP contribution < -0.4 is 10.1 Å². The average molecular weight is 358 g/mol. The first kappa shape index (κ1) is 18.1. The number of halogens is 4. The predicted molar refractivity (Wildman–Crippen MR) is 85.0 cm³/mol. The van der Waals surface area contributed by atoms with Gasteiger partial charge in [0.15, 0.2) is 6.61 Å². The molecule has 2 aromatic rings. The van der Waals surface area contributed by atoms with Crippen molar-refractivity contribution >= 4 is 17.5 Å². The average Bonchev–Trinajstić information content (AvgIpc) is 2.53. The second kappa shape index (κ2) is 7.57. The van der Waals surface area contributed by atoms with E-state index in [1.165, 1.54) is 12.1 Å². The van der Waals surface area contributed by atoms with E-state index in [1.807, 2.05) is 6.92 Å². The van der Waals surface area contributed by atoms with Gasteiger partial charge in [-0.25, -0.2) is 0 Å². The topological polar surface area (TPSA) is 38.3 Å². The summed E-state index contributed by atoms with van der Waals surface area (Å²) in [5.41, 5.74) is 0.678. The van der Waals surface area contributed by atoms with Crippen LogP contribution in [0.15, 0.2) is 42.5 Å². The lowest BCUT2D eigenvalue weighted by atomic mass is 10.1. The number of amides is 1. The summed E-state index contributed by atoms with van der Waals surface area (Å²) in [5, 5.41) is 3.19. The Morgan fingerprint density at radius 1 is 1.17 bits per heavy atom. The van der Waals surface area contributed by atoms with Crippen molar-refractivity contribution in [2.45, 2.75) is 19.6 Å². The molecule has 0 bridgehead atoms. The molecule has 0 fully saturated rings. The number of hydrogen-bond donors (Lipinski definition) is 1. The molecule has 0 aromatic heterocycles. The van der Waals surface area contributed by atoms with Gasteiger partial charge in [-0.1, -0.05) is 23.7 Å². The minimum Gasteiger partial charge on any atom is -0.484 e. The number of carbonyl (C=O) groups is 1. The Morgan fingerprint density at radius 2 is 1.83 bits per heavy atom. The molecule has 7 heteroatoms. The molecule has 0 heterocycles. The van der Waals surface area contributed by atoms with Crippen LogP contribution in [0, 0.1) is 6.92 Å². The molecule has 0 atom stereocenters. The standard InChI is InChI=1S/C17H15ClF3NO2/c1-11-8-14(6-7-15(11)18)24-10-16(23)22-9-12-2-4-13(5-3-12)17(19,20)21/h2-8H,9-10H2,1H3,(H,22,23). The lowest BCUT2D eigenvalue weighted by Crippen LogP contribution is -2.28. The van der Waals surface area contributed by atoms with Crippen LogP contribution in [0.2, 0.25) is 5.02 Å². The van der Waals surface area contributed by atoms with Gasteiger partial charge in [0.25, 0.3) is 5.91 Å². The maximum atomic E-state index is 12.5. The minimum atomic E-state index is -4.37. The number of alkyl halides is 3. The van der Waals surface area contributed by atoms with Crippen molar-refractivity contribution in [1.29, 1.82) is 0 Å². The van der Waals surface area contributed by atoms with Gasteiger partial charge in [0.2, 0.25) is 0 Å². The van der Waals surface area contributed by atoms with Gasteiger partial charge in [0.1, 0.15) is 5.75 Å². The van der Waals surface area contributed by atoms with E-state index in [2.05, 4.69) is 5.32 Å². The van der Waals surface area contributed by atoms with Crippen molar-refractivity contribution in [1.82, 2.24) is 5.32 Å². The monoisotopic (exact) mass is 357 g/mol. The second-order valence-corrected chi connectivity index (χ2v) is 5.58. The molecule has 0 saturated heterocycles. The van der Waals surface area contributed by atoms with E-state index in [0.717, 1.165) is 17.7 Å². The summed E-state index contributed by atoms with van der Waals surface area (Å²) in [5.74, 6) is 0.143. The van der Waals surface area contributed by atoms with Gasteiger partial charge in [0.05, 0.1) is 5.56 Å². The Labute approximate surface area is 142 Å².